The lowest BCUT2D eigenvalue weighted by Gasteiger charge is -2.30. The molecule has 96 valence electrons. The molecule has 0 spiro atoms. The molecule has 1 amide bonds. The summed E-state index contributed by atoms with van der Waals surface area (Å²) in [6.45, 7) is 2.02. The monoisotopic (exact) mass is 250 g/mol. The topological polar surface area (TPSA) is 83.7 Å². The molecule has 1 saturated heterocycles. The van der Waals surface area contributed by atoms with Crippen molar-refractivity contribution in [2.45, 2.75) is 19.3 Å². The average molecular weight is 250 g/mol. The molecule has 7 heteroatoms. The van der Waals surface area contributed by atoms with E-state index in [2.05, 4.69) is 21.5 Å². The summed E-state index contributed by atoms with van der Waals surface area (Å²) in [4.78, 5) is 11.5. The molecule has 2 heterocycles. The molecule has 2 aliphatic heterocycles. The van der Waals surface area contributed by atoms with Crippen LogP contribution in [0.15, 0.2) is 18.2 Å². The fourth-order valence-corrected chi connectivity index (χ4v) is 1.80. The van der Waals surface area contributed by atoms with Gasteiger partial charge in [-0.1, -0.05) is 0 Å². The summed E-state index contributed by atoms with van der Waals surface area (Å²) < 4.78 is 10.5. The van der Waals surface area contributed by atoms with Gasteiger partial charge in [0.05, 0.1) is 6.04 Å². The van der Waals surface area contributed by atoms with Gasteiger partial charge in [0.1, 0.15) is 0 Å². The molecule has 3 rings (SSSR count). The van der Waals surface area contributed by atoms with E-state index >= 15 is 0 Å². The molecular formula is C11H14N4O3. The Balaban J connectivity index is 1.68. The van der Waals surface area contributed by atoms with Gasteiger partial charge < -0.3 is 20.1 Å². The summed E-state index contributed by atoms with van der Waals surface area (Å²) in [6.07, 6.45) is -0.367. The van der Waals surface area contributed by atoms with Gasteiger partial charge in [0.2, 0.25) is 12.7 Å². The number of anilines is 1. The van der Waals surface area contributed by atoms with E-state index in [0.29, 0.717) is 5.75 Å². The SMILES string of the molecule is CC1NNC(Nc2ccc3c(c2)OCO3)NC1=O. The van der Waals surface area contributed by atoms with Crippen LogP contribution >= 0.6 is 0 Å². The number of rotatable bonds is 2. The van der Waals surface area contributed by atoms with Crippen LogP contribution in [0.1, 0.15) is 6.92 Å². The van der Waals surface area contributed by atoms with E-state index < -0.39 is 0 Å². The molecule has 1 aromatic rings. The zero-order chi connectivity index (χ0) is 12.5. The normalized spacial score (nSPS) is 25.7. The van der Waals surface area contributed by atoms with Gasteiger partial charge in [-0.05, 0) is 19.1 Å². The highest BCUT2D eigenvalue weighted by Gasteiger charge is 2.23. The van der Waals surface area contributed by atoms with Crippen molar-refractivity contribution in [3.63, 3.8) is 0 Å². The predicted molar refractivity (Wildman–Crippen MR) is 63.9 cm³/mol. The Kier molecular flexibility index (Phi) is 2.69. The Hall–Kier alpha value is -1.99. The molecule has 0 bridgehead atoms. The van der Waals surface area contributed by atoms with Crippen LogP contribution in [-0.2, 0) is 4.79 Å². The number of fused-ring (bicyclic) bond motifs is 1. The van der Waals surface area contributed by atoms with Crippen molar-refractivity contribution in [1.82, 2.24) is 16.2 Å². The van der Waals surface area contributed by atoms with Crippen LogP contribution in [0.25, 0.3) is 0 Å². The number of carbonyl (C=O) groups is 1. The molecule has 4 N–H and O–H groups in total. The lowest BCUT2D eigenvalue weighted by Crippen LogP contribution is -2.66. The highest BCUT2D eigenvalue weighted by Crippen LogP contribution is 2.34. The lowest BCUT2D eigenvalue weighted by molar-refractivity contribution is -0.125. The molecule has 1 aromatic carbocycles. The largest absolute Gasteiger partial charge is 0.454 e. The second-order valence-electron chi connectivity index (χ2n) is 4.16. The van der Waals surface area contributed by atoms with Gasteiger partial charge in [-0.15, -0.1) is 0 Å². The first-order chi connectivity index (χ1) is 8.72. The van der Waals surface area contributed by atoms with Gasteiger partial charge >= 0.3 is 0 Å². The maximum Gasteiger partial charge on any atom is 0.240 e. The van der Waals surface area contributed by atoms with Gasteiger partial charge in [0, 0.05) is 11.8 Å². The van der Waals surface area contributed by atoms with E-state index in [9.17, 15) is 4.79 Å². The van der Waals surface area contributed by atoms with Crippen molar-refractivity contribution in [3.8, 4) is 11.5 Å². The Bertz CT molecular complexity index is 479. The fraction of sp³-hybridized carbons (Fsp3) is 0.364. The first kappa shape index (κ1) is 11.1. The van der Waals surface area contributed by atoms with Crippen LogP contribution < -0.4 is 31.0 Å². The third-order valence-corrected chi connectivity index (χ3v) is 2.81. The minimum absolute atomic E-state index is 0.0630. The molecule has 2 atom stereocenters. The molecule has 0 radical (unpaired) electrons. The van der Waals surface area contributed by atoms with Gasteiger partial charge in [-0.3, -0.25) is 4.79 Å². The minimum atomic E-state index is -0.367. The van der Waals surface area contributed by atoms with Gasteiger partial charge in [-0.25, -0.2) is 10.9 Å². The molecule has 1 fully saturated rings. The minimum Gasteiger partial charge on any atom is -0.454 e. The number of amides is 1. The average Bonchev–Trinajstić information content (AvgIpc) is 2.81. The van der Waals surface area contributed by atoms with Crippen molar-refractivity contribution in [2.24, 2.45) is 0 Å². The number of nitrogens with one attached hydrogen (secondary N) is 4. The van der Waals surface area contributed by atoms with Gasteiger partial charge in [0.15, 0.2) is 17.8 Å². The molecule has 0 saturated carbocycles. The van der Waals surface area contributed by atoms with E-state index in [1.165, 1.54) is 0 Å². The summed E-state index contributed by atoms with van der Waals surface area (Å²) in [7, 11) is 0. The summed E-state index contributed by atoms with van der Waals surface area (Å²) in [5.74, 6) is 1.36. The van der Waals surface area contributed by atoms with Crippen molar-refractivity contribution >= 4 is 11.6 Å². The number of benzene rings is 1. The number of hydrazine groups is 1. The lowest BCUT2D eigenvalue weighted by atomic mass is 10.2. The Morgan fingerprint density at radius 2 is 2.11 bits per heavy atom. The molecule has 18 heavy (non-hydrogen) atoms. The number of hydrogen-bond donors (Lipinski definition) is 4. The van der Waals surface area contributed by atoms with Crippen molar-refractivity contribution in [2.75, 3.05) is 12.1 Å². The van der Waals surface area contributed by atoms with Crippen LogP contribution in [0, 0.1) is 0 Å². The zero-order valence-electron chi connectivity index (χ0n) is 9.82. The summed E-state index contributed by atoms with van der Waals surface area (Å²) in [5.41, 5.74) is 6.65. The Labute approximate surface area is 104 Å². The van der Waals surface area contributed by atoms with Crippen molar-refractivity contribution in [1.29, 1.82) is 0 Å². The first-order valence-corrected chi connectivity index (χ1v) is 5.70. The van der Waals surface area contributed by atoms with Crippen LogP contribution in [0.2, 0.25) is 0 Å². The number of carbonyl (C=O) groups excluding carboxylic acids is 1. The Morgan fingerprint density at radius 1 is 1.28 bits per heavy atom. The highest BCUT2D eigenvalue weighted by atomic mass is 16.7. The maximum atomic E-state index is 11.5. The molecule has 2 unspecified atom stereocenters. The highest BCUT2D eigenvalue weighted by molar-refractivity contribution is 5.82. The third-order valence-electron chi connectivity index (χ3n) is 2.81. The second-order valence-corrected chi connectivity index (χ2v) is 4.16. The summed E-state index contributed by atoms with van der Waals surface area (Å²) in [5, 5.41) is 5.91. The zero-order valence-corrected chi connectivity index (χ0v) is 9.82. The summed E-state index contributed by atoms with van der Waals surface area (Å²) in [6, 6.07) is 5.26. The van der Waals surface area contributed by atoms with E-state index in [1.807, 2.05) is 18.2 Å². The van der Waals surface area contributed by atoms with E-state index in [1.54, 1.807) is 6.92 Å². The number of ether oxygens (including phenoxy) is 2. The van der Waals surface area contributed by atoms with Gasteiger partial charge in [0.25, 0.3) is 0 Å². The standard InChI is InChI=1S/C11H14N4O3/c1-6-10(16)13-11(15-14-6)12-7-2-3-8-9(4-7)18-5-17-8/h2-4,6,11-12,14-15H,5H2,1H3,(H,13,16). The molecule has 2 aliphatic rings. The van der Waals surface area contributed by atoms with E-state index in [-0.39, 0.29) is 25.0 Å². The summed E-state index contributed by atoms with van der Waals surface area (Å²) >= 11 is 0. The predicted octanol–water partition coefficient (Wildman–Crippen LogP) is -0.277. The number of hydrogen-bond acceptors (Lipinski definition) is 6. The van der Waals surface area contributed by atoms with Gasteiger partial charge in [-0.2, -0.15) is 0 Å². The second kappa shape index (κ2) is 4.35. The van der Waals surface area contributed by atoms with Crippen LogP contribution in [-0.4, -0.2) is 25.0 Å². The quantitative estimate of drug-likeness (QED) is 0.578. The van der Waals surface area contributed by atoms with Crippen LogP contribution in [0.5, 0.6) is 11.5 Å². The van der Waals surface area contributed by atoms with Crippen molar-refractivity contribution in [3.05, 3.63) is 18.2 Å². The first-order valence-electron chi connectivity index (χ1n) is 5.70. The Morgan fingerprint density at radius 3 is 2.94 bits per heavy atom. The fourth-order valence-electron chi connectivity index (χ4n) is 1.80. The molecular weight excluding hydrogens is 236 g/mol. The van der Waals surface area contributed by atoms with E-state index in [4.69, 9.17) is 9.47 Å². The third kappa shape index (κ3) is 2.05. The smallest absolute Gasteiger partial charge is 0.240 e. The molecule has 7 nitrogen and oxygen atoms in total. The van der Waals surface area contributed by atoms with E-state index in [0.717, 1.165) is 11.4 Å². The van der Waals surface area contributed by atoms with Crippen LogP contribution in [0.3, 0.4) is 0 Å². The van der Waals surface area contributed by atoms with Crippen molar-refractivity contribution < 1.29 is 14.3 Å². The van der Waals surface area contributed by atoms with Crippen LogP contribution in [0.4, 0.5) is 5.69 Å². The molecule has 0 aromatic heterocycles. The maximum absolute atomic E-state index is 11.5. The molecule has 0 aliphatic carbocycles.